The molecule has 0 aliphatic carbocycles. The Morgan fingerprint density at radius 2 is 2.18 bits per heavy atom. The monoisotopic (exact) mass is 152 g/mol. The molecule has 0 saturated heterocycles. The minimum atomic E-state index is -0.444. The van der Waals surface area contributed by atoms with Crippen LogP contribution in [0, 0.1) is 11.8 Å². The van der Waals surface area contributed by atoms with Gasteiger partial charge in [-0.15, -0.1) is 0 Å². The van der Waals surface area contributed by atoms with Crippen LogP contribution in [0.5, 0.6) is 0 Å². The average Bonchev–Trinajstić information content (AvgIpc) is 1.94. The number of aliphatic imine (C=N–C) groups is 1. The van der Waals surface area contributed by atoms with Crippen LogP contribution in [0.4, 0.5) is 0 Å². The number of allylic oxidation sites excluding steroid dienone is 1. The van der Waals surface area contributed by atoms with E-state index >= 15 is 0 Å². The molecular formula is C8H12N2O. The standard InChI is InChI=1S/C8H12N2O/c1-5-3-7(8(9)11)10-4-6(5)2/h3-6H,1-2H3,(H2,9,11). The van der Waals surface area contributed by atoms with Crippen LogP contribution >= 0.6 is 0 Å². The lowest BCUT2D eigenvalue weighted by molar-refractivity contribution is -0.114. The molecule has 0 bridgehead atoms. The Labute approximate surface area is 66.0 Å². The molecule has 2 atom stereocenters. The number of rotatable bonds is 1. The van der Waals surface area contributed by atoms with E-state index in [1.807, 2.05) is 13.0 Å². The van der Waals surface area contributed by atoms with Gasteiger partial charge in [-0.05, 0) is 17.9 Å². The largest absolute Gasteiger partial charge is 0.364 e. The highest BCUT2D eigenvalue weighted by Gasteiger charge is 2.15. The Morgan fingerprint density at radius 1 is 1.55 bits per heavy atom. The van der Waals surface area contributed by atoms with E-state index < -0.39 is 5.91 Å². The summed E-state index contributed by atoms with van der Waals surface area (Å²) in [6, 6.07) is 0. The Bertz CT molecular complexity index is 230. The Balaban J connectivity index is 2.80. The van der Waals surface area contributed by atoms with Crippen molar-refractivity contribution in [1.82, 2.24) is 0 Å². The van der Waals surface area contributed by atoms with Crippen LogP contribution in [0.25, 0.3) is 0 Å². The predicted molar refractivity (Wildman–Crippen MR) is 44.1 cm³/mol. The number of hydrogen-bond acceptors (Lipinski definition) is 2. The maximum Gasteiger partial charge on any atom is 0.266 e. The van der Waals surface area contributed by atoms with Gasteiger partial charge in [0.1, 0.15) is 5.70 Å². The highest BCUT2D eigenvalue weighted by atomic mass is 16.1. The zero-order chi connectivity index (χ0) is 8.43. The summed E-state index contributed by atoms with van der Waals surface area (Å²) in [6.45, 7) is 4.10. The van der Waals surface area contributed by atoms with Crippen molar-refractivity contribution in [2.75, 3.05) is 0 Å². The molecular weight excluding hydrogens is 140 g/mol. The lowest BCUT2D eigenvalue weighted by Crippen LogP contribution is -2.19. The minimum absolute atomic E-state index is 0.356. The molecule has 1 heterocycles. The molecule has 0 aromatic heterocycles. The second-order valence-corrected chi connectivity index (χ2v) is 2.91. The molecule has 60 valence electrons. The molecule has 0 aromatic rings. The quantitative estimate of drug-likeness (QED) is 0.591. The number of carbonyl (C=O) groups excluding carboxylic acids is 1. The lowest BCUT2D eigenvalue weighted by atomic mass is 9.94. The van der Waals surface area contributed by atoms with Crippen LogP contribution in [0.15, 0.2) is 16.8 Å². The number of hydrogen-bond donors (Lipinski definition) is 1. The average molecular weight is 152 g/mol. The van der Waals surface area contributed by atoms with Gasteiger partial charge in [-0.2, -0.15) is 0 Å². The number of primary amides is 1. The molecule has 0 radical (unpaired) electrons. The van der Waals surface area contributed by atoms with E-state index in [0.717, 1.165) is 0 Å². The molecule has 0 fully saturated rings. The third-order valence-electron chi connectivity index (χ3n) is 1.95. The summed E-state index contributed by atoms with van der Waals surface area (Å²) >= 11 is 0. The fourth-order valence-electron chi connectivity index (χ4n) is 0.923. The number of amides is 1. The normalized spacial score (nSPS) is 29.8. The molecule has 1 aliphatic heterocycles. The molecule has 1 amide bonds. The van der Waals surface area contributed by atoms with Crippen LogP contribution in [-0.2, 0) is 4.79 Å². The van der Waals surface area contributed by atoms with Crippen LogP contribution in [-0.4, -0.2) is 12.1 Å². The zero-order valence-electron chi connectivity index (χ0n) is 6.74. The molecule has 0 spiro atoms. The van der Waals surface area contributed by atoms with Crippen LogP contribution in [0.2, 0.25) is 0 Å². The van der Waals surface area contributed by atoms with Crippen molar-refractivity contribution in [1.29, 1.82) is 0 Å². The first-order valence-corrected chi connectivity index (χ1v) is 3.67. The third kappa shape index (κ3) is 1.67. The summed E-state index contributed by atoms with van der Waals surface area (Å²) in [4.78, 5) is 14.6. The molecule has 0 saturated carbocycles. The van der Waals surface area contributed by atoms with Gasteiger partial charge >= 0.3 is 0 Å². The fraction of sp³-hybridized carbons (Fsp3) is 0.500. The summed E-state index contributed by atoms with van der Waals surface area (Å²) in [7, 11) is 0. The first-order valence-electron chi connectivity index (χ1n) is 3.67. The lowest BCUT2D eigenvalue weighted by Gasteiger charge is -2.16. The molecule has 0 aromatic carbocycles. The highest BCUT2D eigenvalue weighted by molar-refractivity contribution is 5.93. The maximum absolute atomic E-state index is 10.6. The van der Waals surface area contributed by atoms with Gasteiger partial charge in [0.05, 0.1) is 0 Å². The van der Waals surface area contributed by atoms with E-state index in [9.17, 15) is 4.79 Å². The van der Waals surface area contributed by atoms with Gasteiger partial charge in [0.25, 0.3) is 5.91 Å². The van der Waals surface area contributed by atoms with Crippen LogP contribution in [0.3, 0.4) is 0 Å². The number of nitrogens with zero attached hydrogens (tertiary/aromatic N) is 1. The topological polar surface area (TPSA) is 55.4 Å². The molecule has 11 heavy (non-hydrogen) atoms. The van der Waals surface area contributed by atoms with Gasteiger partial charge in [-0.3, -0.25) is 9.79 Å². The molecule has 2 unspecified atom stereocenters. The highest BCUT2D eigenvalue weighted by Crippen LogP contribution is 2.17. The van der Waals surface area contributed by atoms with E-state index in [2.05, 4.69) is 11.9 Å². The SMILES string of the molecule is CC1C=NC(C(N)=O)=CC1C. The van der Waals surface area contributed by atoms with Gasteiger partial charge < -0.3 is 5.73 Å². The van der Waals surface area contributed by atoms with Crippen molar-refractivity contribution < 1.29 is 4.79 Å². The van der Waals surface area contributed by atoms with Crippen molar-refractivity contribution in [2.45, 2.75) is 13.8 Å². The van der Waals surface area contributed by atoms with Crippen LogP contribution in [0.1, 0.15) is 13.8 Å². The van der Waals surface area contributed by atoms with Crippen molar-refractivity contribution in [3.8, 4) is 0 Å². The summed E-state index contributed by atoms with van der Waals surface area (Å²) in [5.41, 5.74) is 5.44. The Hall–Kier alpha value is -1.12. The number of carbonyl (C=O) groups is 1. The maximum atomic E-state index is 10.6. The Morgan fingerprint density at radius 3 is 2.64 bits per heavy atom. The third-order valence-corrected chi connectivity index (χ3v) is 1.95. The van der Waals surface area contributed by atoms with E-state index in [1.54, 1.807) is 6.21 Å². The van der Waals surface area contributed by atoms with Crippen molar-refractivity contribution in [3.05, 3.63) is 11.8 Å². The molecule has 3 nitrogen and oxygen atoms in total. The minimum Gasteiger partial charge on any atom is -0.364 e. The summed E-state index contributed by atoms with van der Waals surface area (Å²) in [5.74, 6) is 0.313. The molecule has 1 rings (SSSR count). The van der Waals surface area contributed by atoms with Crippen LogP contribution < -0.4 is 5.73 Å². The summed E-state index contributed by atoms with van der Waals surface area (Å²) in [6.07, 6.45) is 3.58. The second-order valence-electron chi connectivity index (χ2n) is 2.91. The van der Waals surface area contributed by atoms with E-state index in [0.29, 0.717) is 17.5 Å². The van der Waals surface area contributed by atoms with Gasteiger partial charge in [0, 0.05) is 6.21 Å². The smallest absolute Gasteiger partial charge is 0.266 e. The number of nitrogens with two attached hydrogens (primary N) is 1. The predicted octanol–water partition coefficient (Wildman–Crippen LogP) is 0.712. The van der Waals surface area contributed by atoms with E-state index in [1.165, 1.54) is 0 Å². The van der Waals surface area contributed by atoms with Crippen molar-refractivity contribution in [3.63, 3.8) is 0 Å². The van der Waals surface area contributed by atoms with Gasteiger partial charge in [-0.1, -0.05) is 13.8 Å². The first kappa shape index (κ1) is 7.98. The molecule has 1 aliphatic rings. The fourth-order valence-corrected chi connectivity index (χ4v) is 0.923. The summed E-state index contributed by atoms with van der Waals surface area (Å²) < 4.78 is 0. The Kier molecular flexibility index (Phi) is 2.08. The second kappa shape index (κ2) is 2.86. The molecule has 3 heteroatoms. The van der Waals surface area contributed by atoms with E-state index in [4.69, 9.17) is 5.73 Å². The van der Waals surface area contributed by atoms with Gasteiger partial charge in [0.15, 0.2) is 0 Å². The zero-order valence-corrected chi connectivity index (χ0v) is 6.74. The van der Waals surface area contributed by atoms with Crippen molar-refractivity contribution >= 4 is 12.1 Å². The summed E-state index contributed by atoms with van der Waals surface area (Å²) in [5, 5.41) is 0. The first-order chi connectivity index (χ1) is 5.11. The van der Waals surface area contributed by atoms with Crippen molar-refractivity contribution in [2.24, 2.45) is 22.6 Å². The van der Waals surface area contributed by atoms with Gasteiger partial charge in [-0.25, -0.2) is 0 Å². The van der Waals surface area contributed by atoms with E-state index in [-0.39, 0.29) is 0 Å². The molecule has 2 N–H and O–H groups in total. The van der Waals surface area contributed by atoms with Gasteiger partial charge in [0.2, 0.25) is 0 Å².